The third-order valence-electron chi connectivity index (χ3n) is 3.62. The van der Waals surface area contributed by atoms with Crippen molar-refractivity contribution in [2.24, 2.45) is 0 Å². The van der Waals surface area contributed by atoms with Gasteiger partial charge in [-0.05, 0) is 45.0 Å². The summed E-state index contributed by atoms with van der Waals surface area (Å²) in [5.74, 6) is 1.85. The van der Waals surface area contributed by atoms with Gasteiger partial charge in [0.25, 0.3) is 5.91 Å². The first-order valence-electron chi connectivity index (χ1n) is 8.60. The number of carbonyl (C=O) groups is 1. The fourth-order valence-corrected chi connectivity index (χ4v) is 2.39. The number of anilines is 4. The fraction of sp³-hybridized carbons (Fsp3) is 0.211. The Bertz CT molecular complexity index is 924. The molecule has 0 radical (unpaired) electrons. The van der Waals surface area contributed by atoms with E-state index in [1.54, 1.807) is 18.3 Å². The minimum atomic E-state index is -0.301. The summed E-state index contributed by atoms with van der Waals surface area (Å²) in [6, 6.07) is 9.19. The predicted molar refractivity (Wildman–Crippen MR) is 105 cm³/mol. The first kappa shape index (κ1) is 18.2. The molecule has 138 valence electrons. The standard InChI is InChI=1S/C19H21N7O/c1-4-20-17-9-18(24-13(3)23-17)25-14-5-7-15(8-6-14)26-19(27)16-11-21-12(2)10-22-16/h5-11H,4H2,1-3H3,(H,26,27)(H2,20,23,24,25). The summed E-state index contributed by atoms with van der Waals surface area (Å²) in [5, 5.41) is 9.21. The molecule has 2 aromatic heterocycles. The number of nitrogens with zero attached hydrogens (tertiary/aromatic N) is 4. The zero-order chi connectivity index (χ0) is 19.2. The first-order valence-corrected chi connectivity index (χ1v) is 8.60. The van der Waals surface area contributed by atoms with Crippen LogP contribution in [-0.4, -0.2) is 32.4 Å². The highest BCUT2D eigenvalue weighted by molar-refractivity contribution is 6.02. The lowest BCUT2D eigenvalue weighted by atomic mass is 10.2. The molecule has 1 amide bonds. The summed E-state index contributed by atoms with van der Waals surface area (Å²) in [6.45, 7) is 6.47. The molecular weight excluding hydrogens is 342 g/mol. The van der Waals surface area contributed by atoms with Crippen molar-refractivity contribution in [3.05, 3.63) is 59.9 Å². The number of nitrogens with one attached hydrogen (secondary N) is 3. The Morgan fingerprint density at radius 3 is 2.33 bits per heavy atom. The Morgan fingerprint density at radius 2 is 1.67 bits per heavy atom. The zero-order valence-corrected chi connectivity index (χ0v) is 15.4. The predicted octanol–water partition coefficient (Wildman–Crippen LogP) is 3.31. The number of benzene rings is 1. The van der Waals surface area contributed by atoms with Gasteiger partial charge in [-0.15, -0.1) is 0 Å². The maximum atomic E-state index is 12.2. The lowest BCUT2D eigenvalue weighted by Gasteiger charge is -2.10. The van der Waals surface area contributed by atoms with Crippen molar-refractivity contribution in [3.63, 3.8) is 0 Å². The molecule has 0 aliphatic heterocycles. The zero-order valence-electron chi connectivity index (χ0n) is 15.4. The Balaban J connectivity index is 1.67. The van der Waals surface area contributed by atoms with Gasteiger partial charge in [0.05, 0.1) is 11.9 Å². The van der Waals surface area contributed by atoms with Crippen LogP contribution in [-0.2, 0) is 0 Å². The number of rotatable bonds is 6. The molecule has 8 heteroatoms. The highest BCUT2D eigenvalue weighted by atomic mass is 16.1. The van der Waals surface area contributed by atoms with Gasteiger partial charge in [-0.1, -0.05) is 0 Å². The van der Waals surface area contributed by atoms with Crippen molar-refractivity contribution in [1.82, 2.24) is 19.9 Å². The maximum absolute atomic E-state index is 12.2. The van der Waals surface area contributed by atoms with E-state index >= 15 is 0 Å². The quantitative estimate of drug-likeness (QED) is 0.617. The van der Waals surface area contributed by atoms with Gasteiger partial charge in [-0.25, -0.2) is 15.0 Å². The monoisotopic (exact) mass is 363 g/mol. The second-order valence-corrected chi connectivity index (χ2v) is 5.92. The average Bonchev–Trinajstić information content (AvgIpc) is 2.64. The van der Waals surface area contributed by atoms with Crippen molar-refractivity contribution in [3.8, 4) is 0 Å². The van der Waals surface area contributed by atoms with Crippen molar-refractivity contribution < 1.29 is 4.79 Å². The van der Waals surface area contributed by atoms with Crippen LogP contribution in [0, 0.1) is 13.8 Å². The van der Waals surface area contributed by atoms with Gasteiger partial charge in [0.2, 0.25) is 0 Å². The van der Waals surface area contributed by atoms with E-state index < -0.39 is 0 Å². The molecule has 27 heavy (non-hydrogen) atoms. The molecule has 3 rings (SSSR count). The van der Waals surface area contributed by atoms with Gasteiger partial charge >= 0.3 is 0 Å². The van der Waals surface area contributed by atoms with E-state index in [-0.39, 0.29) is 11.6 Å². The van der Waals surface area contributed by atoms with E-state index in [2.05, 4.69) is 35.9 Å². The number of carbonyl (C=O) groups excluding carboxylic acids is 1. The van der Waals surface area contributed by atoms with Crippen molar-refractivity contribution in [1.29, 1.82) is 0 Å². The van der Waals surface area contributed by atoms with Gasteiger partial charge < -0.3 is 16.0 Å². The average molecular weight is 363 g/mol. The molecule has 0 spiro atoms. The van der Waals surface area contributed by atoms with Crippen molar-refractivity contribution in [2.75, 3.05) is 22.5 Å². The van der Waals surface area contributed by atoms with Gasteiger partial charge in [0, 0.05) is 30.2 Å². The smallest absolute Gasteiger partial charge is 0.275 e. The van der Waals surface area contributed by atoms with Gasteiger partial charge in [-0.3, -0.25) is 9.78 Å². The second-order valence-electron chi connectivity index (χ2n) is 5.92. The molecule has 1 aromatic carbocycles. The van der Waals surface area contributed by atoms with E-state index in [1.807, 2.05) is 39.0 Å². The molecule has 0 saturated carbocycles. The fourth-order valence-electron chi connectivity index (χ4n) is 2.39. The minimum absolute atomic E-state index is 0.273. The molecular formula is C19H21N7O. The number of amides is 1. The second kappa shape index (κ2) is 8.22. The van der Waals surface area contributed by atoms with Gasteiger partial charge in [-0.2, -0.15) is 0 Å². The molecule has 0 fully saturated rings. The Morgan fingerprint density at radius 1 is 0.963 bits per heavy atom. The summed E-state index contributed by atoms with van der Waals surface area (Å²) >= 11 is 0. The van der Waals surface area contributed by atoms with Crippen LogP contribution < -0.4 is 16.0 Å². The molecule has 0 aliphatic rings. The van der Waals surface area contributed by atoms with Gasteiger partial charge in [0.15, 0.2) is 0 Å². The lowest BCUT2D eigenvalue weighted by Crippen LogP contribution is -2.14. The summed E-state index contributed by atoms with van der Waals surface area (Å²) in [6.07, 6.45) is 3.02. The molecule has 8 nitrogen and oxygen atoms in total. The van der Waals surface area contributed by atoms with E-state index in [9.17, 15) is 4.79 Å². The van der Waals surface area contributed by atoms with E-state index in [1.165, 1.54) is 6.20 Å². The van der Waals surface area contributed by atoms with Gasteiger partial charge in [0.1, 0.15) is 23.2 Å². The molecule has 0 unspecified atom stereocenters. The third-order valence-corrected chi connectivity index (χ3v) is 3.62. The topological polar surface area (TPSA) is 105 Å². The minimum Gasteiger partial charge on any atom is -0.370 e. The van der Waals surface area contributed by atoms with Crippen LogP contribution >= 0.6 is 0 Å². The molecule has 0 aliphatic carbocycles. The number of aryl methyl sites for hydroxylation is 2. The molecule has 0 atom stereocenters. The van der Waals surface area contributed by atoms with Crippen LogP contribution in [0.15, 0.2) is 42.7 Å². The highest BCUT2D eigenvalue weighted by Gasteiger charge is 2.08. The normalized spacial score (nSPS) is 10.3. The number of aromatic nitrogens is 4. The van der Waals surface area contributed by atoms with Crippen LogP contribution in [0.3, 0.4) is 0 Å². The van der Waals surface area contributed by atoms with E-state index in [4.69, 9.17) is 0 Å². The van der Waals surface area contributed by atoms with Crippen LogP contribution in [0.1, 0.15) is 28.9 Å². The Hall–Kier alpha value is -3.55. The SMILES string of the molecule is CCNc1cc(Nc2ccc(NC(=O)c3cnc(C)cn3)cc2)nc(C)n1. The Kier molecular flexibility index (Phi) is 5.55. The van der Waals surface area contributed by atoms with Crippen LogP contribution in [0.4, 0.5) is 23.0 Å². The molecule has 0 saturated heterocycles. The Labute approximate surface area is 157 Å². The maximum Gasteiger partial charge on any atom is 0.275 e. The highest BCUT2D eigenvalue weighted by Crippen LogP contribution is 2.20. The number of hydrogen-bond acceptors (Lipinski definition) is 7. The van der Waals surface area contributed by atoms with Crippen molar-refractivity contribution >= 4 is 28.9 Å². The molecule has 3 N–H and O–H groups in total. The van der Waals surface area contributed by atoms with E-state index in [0.29, 0.717) is 17.3 Å². The summed E-state index contributed by atoms with van der Waals surface area (Å²) < 4.78 is 0. The van der Waals surface area contributed by atoms with Crippen LogP contribution in [0.25, 0.3) is 0 Å². The largest absolute Gasteiger partial charge is 0.370 e. The number of hydrogen-bond donors (Lipinski definition) is 3. The first-order chi connectivity index (χ1) is 13.0. The molecule has 3 aromatic rings. The van der Waals surface area contributed by atoms with Crippen LogP contribution in [0.2, 0.25) is 0 Å². The van der Waals surface area contributed by atoms with Crippen LogP contribution in [0.5, 0.6) is 0 Å². The third kappa shape index (κ3) is 4.97. The molecule has 0 bridgehead atoms. The lowest BCUT2D eigenvalue weighted by molar-refractivity contribution is 0.102. The summed E-state index contributed by atoms with van der Waals surface area (Å²) in [7, 11) is 0. The van der Waals surface area contributed by atoms with E-state index in [0.717, 1.165) is 23.7 Å². The summed E-state index contributed by atoms with van der Waals surface area (Å²) in [5.41, 5.74) is 2.55. The molecule has 2 heterocycles. The van der Waals surface area contributed by atoms with Crippen molar-refractivity contribution in [2.45, 2.75) is 20.8 Å². The summed E-state index contributed by atoms with van der Waals surface area (Å²) in [4.78, 5) is 29.0.